The quantitative estimate of drug-likeness (QED) is 0.0492. The van der Waals surface area contributed by atoms with Crippen LogP contribution in [0.15, 0.2) is 0 Å². The molecule has 0 aliphatic heterocycles. The monoisotopic (exact) mass is 494 g/mol. The van der Waals surface area contributed by atoms with Gasteiger partial charge in [-0.3, -0.25) is 13.8 Å². The molecule has 0 fully saturated rings. The molecular formula is C18H35N2NaO10S. The second kappa shape index (κ2) is 18.0. The van der Waals surface area contributed by atoms with Crippen LogP contribution in [0.3, 0.4) is 0 Å². The van der Waals surface area contributed by atoms with E-state index in [-0.39, 0.29) is 47.9 Å². The maximum absolute atomic E-state index is 11.9. The van der Waals surface area contributed by atoms with E-state index in [2.05, 4.69) is 21.7 Å². The van der Waals surface area contributed by atoms with E-state index in [0.29, 0.717) is 25.8 Å². The van der Waals surface area contributed by atoms with Crippen LogP contribution in [-0.2, 0) is 24.2 Å². The summed E-state index contributed by atoms with van der Waals surface area (Å²) in [4.78, 5) is 23.5. The van der Waals surface area contributed by atoms with Crippen molar-refractivity contribution in [2.45, 2.75) is 76.8 Å². The predicted octanol–water partition coefficient (Wildman–Crippen LogP) is -4.86. The molecule has 0 aromatic rings. The summed E-state index contributed by atoms with van der Waals surface area (Å²) < 4.78 is 34.7. The summed E-state index contributed by atoms with van der Waals surface area (Å²) in [5.41, 5.74) is 0. The summed E-state index contributed by atoms with van der Waals surface area (Å²) in [6.07, 6.45) is -3.80. The topological polar surface area (TPSA) is 206 Å². The SMILES string of the molecule is CCCCCC(=O)NC[C@H](C)CCCNC(=O)[C@H](O)[C@@H](O)[C@H](O)[C@H](O)COS(=O)(=O)[O-].[Na+]. The van der Waals surface area contributed by atoms with Crippen molar-refractivity contribution in [2.24, 2.45) is 5.92 Å². The van der Waals surface area contributed by atoms with Gasteiger partial charge in [-0.1, -0.05) is 26.7 Å². The van der Waals surface area contributed by atoms with Crippen molar-refractivity contribution in [3.63, 3.8) is 0 Å². The van der Waals surface area contributed by atoms with Gasteiger partial charge in [0.1, 0.15) is 18.3 Å². The average Bonchev–Trinajstić information content (AvgIpc) is 2.71. The number of carbonyl (C=O) groups is 2. The molecule has 0 radical (unpaired) electrons. The number of nitrogens with one attached hydrogen (secondary N) is 2. The van der Waals surface area contributed by atoms with Crippen LogP contribution in [0.5, 0.6) is 0 Å². The van der Waals surface area contributed by atoms with Crippen molar-refractivity contribution < 1.29 is 76.7 Å². The first-order chi connectivity index (χ1) is 14.4. The van der Waals surface area contributed by atoms with E-state index in [1.807, 2.05) is 6.92 Å². The van der Waals surface area contributed by atoms with Crippen molar-refractivity contribution >= 4 is 22.2 Å². The minimum Gasteiger partial charge on any atom is -0.726 e. The van der Waals surface area contributed by atoms with Crippen molar-refractivity contribution in [3.8, 4) is 0 Å². The van der Waals surface area contributed by atoms with Crippen molar-refractivity contribution in [3.05, 3.63) is 0 Å². The second-order valence-corrected chi connectivity index (χ2v) is 8.54. The Morgan fingerprint density at radius 2 is 1.66 bits per heavy atom. The first-order valence-corrected chi connectivity index (χ1v) is 11.6. The number of aliphatic hydroxyl groups excluding tert-OH is 4. The second-order valence-electron chi connectivity index (χ2n) is 7.49. The molecule has 0 saturated heterocycles. The van der Waals surface area contributed by atoms with E-state index < -0.39 is 47.3 Å². The van der Waals surface area contributed by atoms with Crippen molar-refractivity contribution in [2.75, 3.05) is 19.7 Å². The standard InChI is InChI=1S/C18H36N2O10S.Na/c1-3-4-5-8-14(22)20-10-12(2)7-6-9-19-18(26)17(25)16(24)15(23)13(21)11-30-31(27,28)29;/h12-13,15-17,21,23-25H,3-11H2,1-2H3,(H,19,26)(H,20,22)(H,27,28,29);/q;+1/p-1/t12-,13-,15-,16+,17-;/m1./s1. The molecule has 2 amide bonds. The molecule has 5 atom stereocenters. The average molecular weight is 495 g/mol. The van der Waals surface area contributed by atoms with E-state index in [1.165, 1.54) is 0 Å². The van der Waals surface area contributed by atoms with Gasteiger partial charge in [-0.2, -0.15) is 0 Å². The number of rotatable bonds is 17. The van der Waals surface area contributed by atoms with Crippen LogP contribution in [0, 0.1) is 5.92 Å². The number of amides is 2. The smallest absolute Gasteiger partial charge is 0.726 e. The molecule has 6 N–H and O–H groups in total. The Morgan fingerprint density at radius 1 is 1.03 bits per heavy atom. The van der Waals surface area contributed by atoms with Gasteiger partial charge >= 0.3 is 29.6 Å². The Morgan fingerprint density at radius 3 is 2.22 bits per heavy atom. The molecule has 0 aliphatic rings. The van der Waals surface area contributed by atoms with Crippen molar-refractivity contribution in [1.29, 1.82) is 0 Å². The van der Waals surface area contributed by atoms with E-state index in [1.54, 1.807) is 0 Å². The van der Waals surface area contributed by atoms with Gasteiger partial charge in [0.15, 0.2) is 6.10 Å². The number of aliphatic hydroxyl groups is 4. The van der Waals surface area contributed by atoms with Gasteiger partial charge in [-0.05, 0) is 25.2 Å². The molecule has 0 aromatic carbocycles. The van der Waals surface area contributed by atoms with Gasteiger partial charge in [0.05, 0.1) is 6.61 Å². The number of hydrogen-bond donors (Lipinski definition) is 6. The number of unbranched alkanes of at least 4 members (excludes halogenated alkanes) is 2. The maximum atomic E-state index is 11.9. The molecule has 32 heavy (non-hydrogen) atoms. The van der Waals surface area contributed by atoms with E-state index >= 15 is 0 Å². The third-order valence-electron chi connectivity index (χ3n) is 4.55. The fourth-order valence-corrected chi connectivity index (χ4v) is 2.91. The Hall–Kier alpha value is -0.350. The molecule has 0 heterocycles. The number of carbonyl (C=O) groups excluding carboxylic acids is 2. The van der Waals surface area contributed by atoms with Crippen molar-refractivity contribution in [1.82, 2.24) is 10.6 Å². The molecular weight excluding hydrogens is 459 g/mol. The van der Waals surface area contributed by atoms with Crippen LogP contribution < -0.4 is 40.2 Å². The summed E-state index contributed by atoms with van der Waals surface area (Å²) in [5.74, 6) is -0.838. The van der Waals surface area contributed by atoms with Gasteiger partial charge in [0.25, 0.3) is 5.91 Å². The van der Waals surface area contributed by atoms with Gasteiger partial charge in [0.2, 0.25) is 16.3 Å². The number of hydrogen-bond acceptors (Lipinski definition) is 10. The Kier molecular flexibility index (Phi) is 19.1. The van der Waals surface area contributed by atoms with Gasteiger partial charge in [0, 0.05) is 19.5 Å². The molecule has 0 unspecified atom stereocenters. The largest absolute Gasteiger partial charge is 1.00 e. The van der Waals surface area contributed by atoms with Gasteiger partial charge in [-0.15, -0.1) is 0 Å². The molecule has 0 spiro atoms. The maximum Gasteiger partial charge on any atom is 1.00 e. The molecule has 0 saturated carbocycles. The Bertz CT molecular complexity index is 637. The summed E-state index contributed by atoms with van der Waals surface area (Å²) in [5, 5.41) is 43.9. The van der Waals surface area contributed by atoms with Crippen LogP contribution in [0.2, 0.25) is 0 Å². The van der Waals surface area contributed by atoms with E-state index in [9.17, 15) is 43.0 Å². The normalized spacial score (nSPS) is 16.2. The fourth-order valence-electron chi connectivity index (χ4n) is 2.60. The molecule has 184 valence electrons. The first-order valence-electron chi connectivity index (χ1n) is 10.3. The molecule has 0 bridgehead atoms. The summed E-state index contributed by atoms with van der Waals surface area (Å²) in [6.45, 7) is 3.52. The Labute approximate surface area is 211 Å². The third kappa shape index (κ3) is 16.3. The van der Waals surface area contributed by atoms with Gasteiger partial charge < -0.3 is 35.6 Å². The van der Waals surface area contributed by atoms with Crippen LogP contribution in [0.1, 0.15) is 52.4 Å². The molecule has 0 aliphatic carbocycles. The van der Waals surface area contributed by atoms with Gasteiger partial charge in [-0.25, -0.2) is 8.42 Å². The minimum absolute atomic E-state index is 0. The van der Waals surface area contributed by atoms with Crippen LogP contribution in [-0.4, -0.2) is 89.3 Å². The zero-order valence-corrected chi connectivity index (χ0v) is 21.7. The van der Waals surface area contributed by atoms with Crippen LogP contribution >= 0.6 is 0 Å². The molecule has 12 nitrogen and oxygen atoms in total. The van der Waals surface area contributed by atoms with E-state index in [0.717, 1.165) is 19.3 Å². The van der Waals surface area contributed by atoms with Crippen LogP contribution in [0.4, 0.5) is 0 Å². The zero-order chi connectivity index (χ0) is 24.0. The van der Waals surface area contributed by atoms with E-state index in [4.69, 9.17) is 0 Å². The first kappa shape index (κ1) is 33.8. The Balaban J connectivity index is 0. The zero-order valence-electron chi connectivity index (χ0n) is 18.9. The third-order valence-corrected chi connectivity index (χ3v) is 4.97. The minimum atomic E-state index is -5.12. The summed E-state index contributed by atoms with van der Waals surface area (Å²) >= 11 is 0. The predicted molar refractivity (Wildman–Crippen MR) is 108 cm³/mol. The molecule has 14 heteroatoms. The molecule has 0 rings (SSSR count). The van der Waals surface area contributed by atoms with Crippen LogP contribution in [0.25, 0.3) is 0 Å². The summed E-state index contributed by atoms with van der Waals surface area (Å²) in [6, 6.07) is 0. The molecule has 0 aromatic heterocycles. The fraction of sp³-hybridized carbons (Fsp3) is 0.889. The summed E-state index contributed by atoms with van der Waals surface area (Å²) in [7, 11) is -5.12.